The van der Waals surface area contributed by atoms with E-state index >= 15 is 0 Å². The van der Waals surface area contributed by atoms with Gasteiger partial charge in [-0.15, -0.1) is 0 Å². The lowest BCUT2D eigenvalue weighted by atomic mass is 10.1. The fraction of sp³-hybridized carbons (Fsp3) is 0.190. The predicted octanol–water partition coefficient (Wildman–Crippen LogP) is 4.10. The van der Waals surface area contributed by atoms with E-state index in [0.29, 0.717) is 0 Å². The lowest BCUT2D eigenvalue weighted by Crippen LogP contribution is -2.28. The Morgan fingerprint density at radius 1 is 0.920 bits per heavy atom. The van der Waals surface area contributed by atoms with Gasteiger partial charge >= 0.3 is 0 Å². The third kappa shape index (κ3) is 3.15. The third-order valence-corrected chi connectivity index (χ3v) is 4.44. The monoisotopic (exact) mass is 328 g/mol. The Labute approximate surface area is 147 Å². The van der Waals surface area contributed by atoms with Crippen LogP contribution in [0.2, 0.25) is 0 Å². The maximum absolute atomic E-state index is 4.99. The second-order valence-electron chi connectivity index (χ2n) is 6.36. The van der Waals surface area contributed by atoms with E-state index in [1.165, 1.54) is 5.56 Å². The number of hydrogen-bond acceptors (Lipinski definition) is 4. The minimum absolute atomic E-state index is 0.0267. The highest BCUT2D eigenvalue weighted by Gasteiger charge is 2.29. The van der Waals surface area contributed by atoms with Gasteiger partial charge in [0.2, 0.25) is 0 Å². The Morgan fingerprint density at radius 3 is 2.44 bits per heavy atom. The molecule has 1 atom stereocenters. The summed E-state index contributed by atoms with van der Waals surface area (Å²) in [5.41, 5.74) is 5.42. The molecular weight excluding hydrogens is 308 g/mol. The molecule has 2 aromatic heterocycles. The molecule has 4 nitrogen and oxygen atoms in total. The van der Waals surface area contributed by atoms with Crippen molar-refractivity contribution in [2.24, 2.45) is 4.99 Å². The number of aromatic nitrogens is 2. The molecule has 1 unspecified atom stereocenters. The zero-order chi connectivity index (χ0) is 17.2. The van der Waals surface area contributed by atoms with E-state index in [2.05, 4.69) is 52.1 Å². The summed E-state index contributed by atoms with van der Waals surface area (Å²) >= 11 is 0. The first kappa shape index (κ1) is 15.5. The molecular formula is C21H20N4. The second kappa shape index (κ2) is 6.48. The van der Waals surface area contributed by atoms with Crippen LogP contribution >= 0.6 is 0 Å². The Kier molecular flexibility index (Phi) is 4.02. The molecule has 0 saturated carbocycles. The van der Waals surface area contributed by atoms with Crippen molar-refractivity contribution in [2.45, 2.75) is 19.9 Å². The minimum atomic E-state index is 0.0267. The topological polar surface area (TPSA) is 41.4 Å². The Hall–Kier alpha value is -3.01. The van der Waals surface area contributed by atoms with Crippen molar-refractivity contribution < 1.29 is 0 Å². The number of aliphatic imine (C=N–C) groups is 1. The van der Waals surface area contributed by atoms with Gasteiger partial charge in [0, 0.05) is 17.5 Å². The molecule has 0 fully saturated rings. The van der Waals surface area contributed by atoms with Crippen LogP contribution in [0.4, 0.5) is 5.69 Å². The zero-order valence-corrected chi connectivity index (χ0v) is 14.4. The molecule has 0 radical (unpaired) electrons. The summed E-state index contributed by atoms with van der Waals surface area (Å²) in [5.74, 6) is 0.973. The zero-order valence-electron chi connectivity index (χ0n) is 14.4. The fourth-order valence-corrected chi connectivity index (χ4v) is 3.03. The van der Waals surface area contributed by atoms with Gasteiger partial charge in [0.15, 0.2) is 0 Å². The maximum atomic E-state index is 4.99. The van der Waals surface area contributed by atoms with Crippen LogP contribution in [0.5, 0.6) is 0 Å². The first-order valence-corrected chi connectivity index (χ1v) is 8.47. The molecule has 3 aromatic rings. The van der Waals surface area contributed by atoms with Crippen LogP contribution < -0.4 is 4.90 Å². The van der Waals surface area contributed by atoms with Crippen LogP contribution in [0, 0.1) is 13.8 Å². The van der Waals surface area contributed by atoms with Gasteiger partial charge in [-0.25, -0.2) is 0 Å². The van der Waals surface area contributed by atoms with Crippen LogP contribution in [0.3, 0.4) is 0 Å². The van der Waals surface area contributed by atoms with Crippen molar-refractivity contribution in [1.82, 2.24) is 9.97 Å². The highest BCUT2D eigenvalue weighted by atomic mass is 15.3. The van der Waals surface area contributed by atoms with Gasteiger partial charge in [0.1, 0.15) is 11.9 Å². The third-order valence-electron chi connectivity index (χ3n) is 4.44. The normalized spacial score (nSPS) is 16.8. The Balaban J connectivity index is 1.75. The summed E-state index contributed by atoms with van der Waals surface area (Å²) in [6, 6.07) is 18.7. The first-order chi connectivity index (χ1) is 12.2. The molecule has 0 amide bonds. The van der Waals surface area contributed by atoms with Crippen LogP contribution in [0.1, 0.15) is 28.6 Å². The molecule has 0 bridgehead atoms. The lowest BCUT2D eigenvalue weighted by Gasteiger charge is -2.21. The molecule has 1 aliphatic heterocycles. The SMILES string of the molecule is Cc1ccc(C2=NC(c3ccccn3)CN2c2ccc(C)nc2)cc1. The summed E-state index contributed by atoms with van der Waals surface area (Å²) < 4.78 is 0. The Bertz CT molecular complexity index is 883. The molecule has 0 aliphatic carbocycles. The maximum Gasteiger partial charge on any atom is 0.136 e. The predicted molar refractivity (Wildman–Crippen MR) is 101 cm³/mol. The molecule has 0 saturated heterocycles. The molecule has 0 N–H and O–H groups in total. The van der Waals surface area contributed by atoms with Gasteiger partial charge < -0.3 is 4.90 Å². The molecule has 3 heterocycles. The quantitative estimate of drug-likeness (QED) is 0.727. The van der Waals surface area contributed by atoms with Gasteiger partial charge in [-0.05, 0) is 38.1 Å². The van der Waals surface area contributed by atoms with Crippen LogP contribution in [-0.4, -0.2) is 22.3 Å². The summed E-state index contributed by atoms with van der Waals surface area (Å²) in [5, 5.41) is 0. The molecule has 0 spiro atoms. The number of benzene rings is 1. The molecule has 1 aliphatic rings. The molecule has 124 valence electrons. The van der Waals surface area contributed by atoms with Crippen LogP contribution in [0.25, 0.3) is 0 Å². The highest BCUT2D eigenvalue weighted by molar-refractivity contribution is 6.11. The van der Waals surface area contributed by atoms with E-state index in [9.17, 15) is 0 Å². The average Bonchev–Trinajstić information content (AvgIpc) is 3.09. The van der Waals surface area contributed by atoms with Crippen molar-refractivity contribution in [3.8, 4) is 0 Å². The number of amidine groups is 1. The number of hydrogen-bond donors (Lipinski definition) is 0. The van der Waals surface area contributed by atoms with E-state index in [0.717, 1.165) is 35.0 Å². The standard InChI is InChI=1S/C21H20N4/c1-15-6-9-17(10-7-15)21-24-20(19-5-3-4-12-22-19)14-25(21)18-11-8-16(2)23-13-18/h3-13,20H,14H2,1-2H3. The largest absolute Gasteiger partial charge is 0.322 e. The summed E-state index contributed by atoms with van der Waals surface area (Å²) in [6.07, 6.45) is 3.74. The van der Waals surface area contributed by atoms with Crippen molar-refractivity contribution in [3.05, 3.63) is 89.5 Å². The van der Waals surface area contributed by atoms with E-state index in [-0.39, 0.29) is 6.04 Å². The van der Waals surface area contributed by atoms with E-state index in [4.69, 9.17) is 4.99 Å². The minimum Gasteiger partial charge on any atom is -0.322 e. The number of nitrogens with zero attached hydrogens (tertiary/aromatic N) is 4. The number of anilines is 1. The number of pyridine rings is 2. The molecule has 25 heavy (non-hydrogen) atoms. The summed E-state index contributed by atoms with van der Waals surface area (Å²) in [4.78, 5) is 16.2. The van der Waals surface area contributed by atoms with Crippen molar-refractivity contribution in [3.63, 3.8) is 0 Å². The molecule has 4 rings (SSSR count). The van der Waals surface area contributed by atoms with E-state index in [1.54, 1.807) is 0 Å². The highest BCUT2D eigenvalue weighted by Crippen LogP contribution is 2.30. The smallest absolute Gasteiger partial charge is 0.136 e. The van der Waals surface area contributed by atoms with Gasteiger partial charge in [0.25, 0.3) is 0 Å². The summed E-state index contributed by atoms with van der Waals surface area (Å²) in [7, 11) is 0. The van der Waals surface area contributed by atoms with Gasteiger partial charge in [-0.1, -0.05) is 35.9 Å². The van der Waals surface area contributed by atoms with Gasteiger partial charge in [-0.2, -0.15) is 0 Å². The first-order valence-electron chi connectivity index (χ1n) is 8.47. The van der Waals surface area contributed by atoms with Gasteiger partial charge in [0.05, 0.1) is 24.1 Å². The van der Waals surface area contributed by atoms with Crippen molar-refractivity contribution in [2.75, 3.05) is 11.4 Å². The van der Waals surface area contributed by atoms with Crippen molar-refractivity contribution in [1.29, 1.82) is 0 Å². The molecule has 1 aromatic carbocycles. The average molecular weight is 328 g/mol. The van der Waals surface area contributed by atoms with E-state index in [1.807, 2.05) is 43.6 Å². The van der Waals surface area contributed by atoms with E-state index < -0.39 is 0 Å². The van der Waals surface area contributed by atoms with Crippen LogP contribution in [0.15, 0.2) is 72.0 Å². The Morgan fingerprint density at radius 2 is 1.76 bits per heavy atom. The molecule has 4 heteroatoms. The van der Waals surface area contributed by atoms with Crippen molar-refractivity contribution >= 4 is 11.5 Å². The second-order valence-corrected chi connectivity index (χ2v) is 6.36. The fourth-order valence-electron chi connectivity index (χ4n) is 3.03. The number of aryl methyl sites for hydroxylation is 2. The van der Waals surface area contributed by atoms with Crippen LogP contribution in [-0.2, 0) is 0 Å². The number of rotatable bonds is 3. The summed E-state index contributed by atoms with van der Waals surface area (Å²) in [6.45, 7) is 4.86. The lowest BCUT2D eigenvalue weighted by molar-refractivity contribution is 0.750. The van der Waals surface area contributed by atoms with Gasteiger partial charge in [-0.3, -0.25) is 15.0 Å².